The first-order valence-corrected chi connectivity index (χ1v) is 12.9. The molecule has 0 bridgehead atoms. The lowest BCUT2D eigenvalue weighted by molar-refractivity contribution is -0.142. The molecule has 3 rings (SSSR count). The summed E-state index contributed by atoms with van der Waals surface area (Å²) in [5.41, 5.74) is 2.22. The highest BCUT2D eigenvalue weighted by Crippen LogP contribution is 2.22. The molecule has 5 nitrogen and oxygen atoms in total. The van der Waals surface area contributed by atoms with Crippen molar-refractivity contribution in [2.75, 3.05) is 13.2 Å². The summed E-state index contributed by atoms with van der Waals surface area (Å²) in [4.78, 5) is 28.3. The molecule has 0 unspecified atom stereocenters. The quantitative estimate of drug-likeness (QED) is 0.286. The van der Waals surface area contributed by atoms with Gasteiger partial charge in [0, 0.05) is 29.5 Å². The average Bonchev–Trinajstić information content (AvgIpc) is 2.88. The van der Waals surface area contributed by atoms with Crippen molar-refractivity contribution in [2.45, 2.75) is 45.7 Å². The van der Waals surface area contributed by atoms with E-state index in [1.54, 1.807) is 24.3 Å². The largest absolute Gasteiger partial charge is 0.484 e. The Morgan fingerprint density at radius 1 is 1.06 bits per heavy atom. The Hall–Kier alpha value is -3.19. The first-order chi connectivity index (χ1) is 17.4. The number of hydrogen-bond donors (Lipinski definition) is 1. The summed E-state index contributed by atoms with van der Waals surface area (Å²) >= 11 is 3.46. The topological polar surface area (TPSA) is 58.6 Å². The van der Waals surface area contributed by atoms with Crippen molar-refractivity contribution in [3.05, 3.63) is 99.8 Å². The van der Waals surface area contributed by atoms with Crippen LogP contribution in [0, 0.1) is 12.7 Å². The Labute approximate surface area is 220 Å². The molecule has 3 aromatic carbocycles. The molecule has 0 saturated heterocycles. The summed E-state index contributed by atoms with van der Waals surface area (Å²) in [6.07, 6.45) is 2.06. The van der Waals surface area contributed by atoms with E-state index in [1.807, 2.05) is 56.3 Å². The van der Waals surface area contributed by atoms with E-state index < -0.39 is 17.8 Å². The van der Waals surface area contributed by atoms with E-state index in [-0.39, 0.29) is 19.1 Å². The lowest BCUT2D eigenvalue weighted by Gasteiger charge is -2.31. The second kappa shape index (κ2) is 13.8. The minimum absolute atomic E-state index is 0.0487. The van der Waals surface area contributed by atoms with Crippen molar-refractivity contribution in [2.24, 2.45) is 0 Å². The number of halogens is 2. The van der Waals surface area contributed by atoms with Gasteiger partial charge in [0.15, 0.2) is 6.61 Å². The Morgan fingerprint density at radius 2 is 1.78 bits per heavy atom. The van der Waals surface area contributed by atoms with Crippen LogP contribution in [0.25, 0.3) is 0 Å². The zero-order valence-corrected chi connectivity index (χ0v) is 22.3. The van der Waals surface area contributed by atoms with Gasteiger partial charge >= 0.3 is 0 Å². The predicted octanol–water partition coefficient (Wildman–Crippen LogP) is 5.83. The normalized spacial score (nSPS) is 11.6. The fourth-order valence-corrected chi connectivity index (χ4v) is 4.05. The molecule has 0 heterocycles. The standard InChI is InChI=1S/C29H32BrFN2O3/c1-3-4-16-32-29(35)27(18-22-10-6-5-7-11-22)33(19-23-12-8-9-13-26(23)31)28(34)20-36-24-14-15-25(30)21(2)17-24/h5-15,17,27H,3-4,16,18-20H2,1-2H3,(H,32,35)/t27-/m0/s1. The van der Waals surface area contributed by atoms with E-state index in [2.05, 4.69) is 21.2 Å². The summed E-state index contributed by atoms with van der Waals surface area (Å²) in [6.45, 7) is 4.16. The van der Waals surface area contributed by atoms with E-state index in [0.717, 1.165) is 28.4 Å². The van der Waals surface area contributed by atoms with Crippen LogP contribution in [0.5, 0.6) is 5.75 Å². The van der Waals surface area contributed by atoms with Gasteiger partial charge in [-0.05, 0) is 48.7 Å². The molecule has 0 aliphatic carbocycles. The molecular formula is C29H32BrFN2O3. The molecule has 0 spiro atoms. The Balaban J connectivity index is 1.89. The fraction of sp³-hybridized carbons (Fsp3) is 0.310. The number of carbonyl (C=O) groups excluding carboxylic acids is 2. The highest BCUT2D eigenvalue weighted by atomic mass is 79.9. The third kappa shape index (κ3) is 7.92. The number of hydrogen-bond acceptors (Lipinski definition) is 3. The minimum atomic E-state index is -0.827. The molecule has 0 aliphatic rings. The molecular weight excluding hydrogens is 523 g/mol. The van der Waals surface area contributed by atoms with E-state index >= 15 is 0 Å². The van der Waals surface area contributed by atoms with Crippen LogP contribution in [-0.2, 0) is 22.6 Å². The molecule has 190 valence electrons. The van der Waals surface area contributed by atoms with E-state index in [0.29, 0.717) is 24.3 Å². The first-order valence-electron chi connectivity index (χ1n) is 12.1. The molecule has 0 radical (unpaired) electrons. The van der Waals surface area contributed by atoms with Crippen LogP contribution in [0.1, 0.15) is 36.5 Å². The number of nitrogens with zero attached hydrogens (tertiary/aromatic N) is 1. The highest BCUT2D eigenvalue weighted by Gasteiger charge is 2.31. The maximum Gasteiger partial charge on any atom is 0.261 e. The maximum atomic E-state index is 14.6. The van der Waals surface area contributed by atoms with Gasteiger partial charge in [0.2, 0.25) is 5.91 Å². The Morgan fingerprint density at radius 3 is 2.47 bits per heavy atom. The van der Waals surface area contributed by atoms with E-state index in [1.165, 1.54) is 11.0 Å². The highest BCUT2D eigenvalue weighted by molar-refractivity contribution is 9.10. The van der Waals surface area contributed by atoms with Gasteiger partial charge in [0.05, 0.1) is 0 Å². The van der Waals surface area contributed by atoms with Crippen molar-refractivity contribution < 1.29 is 18.7 Å². The van der Waals surface area contributed by atoms with Crippen LogP contribution >= 0.6 is 15.9 Å². The molecule has 2 amide bonds. The van der Waals surface area contributed by atoms with Gasteiger partial charge in [-0.1, -0.05) is 77.8 Å². The van der Waals surface area contributed by atoms with E-state index in [9.17, 15) is 14.0 Å². The van der Waals surface area contributed by atoms with Gasteiger partial charge in [-0.2, -0.15) is 0 Å². The van der Waals surface area contributed by atoms with Crippen molar-refractivity contribution in [1.82, 2.24) is 10.2 Å². The van der Waals surface area contributed by atoms with Crippen molar-refractivity contribution in [1.29, 1.82) is 0 Å². The SMILES string of the molecule is CCCCNC(=O)[C@H](Cc1ccccc1)N(Cc1ccccc1F)C(=O)COc1ccc(Br)c(C)c1. The number of ether oxygens (including phenoxy) is 1. The number of amides is 2. The van der Waals surface area contributed by atoms with Crippen molar-refractivity contribution in [3.63, 3.8) is 0 Å². The lowest BCUT2D eigenvalue weighted by Crippen LogP contribution is -2.52. The van der Waals surface area contributed by atoms with Crippen molar-refractivity contribution in [3.8, 4) is 5.75 Å². The minimum Gasteiger partial charge on any atom is -0.484 e. The second-order valence-electron chi connectivity index (χ2n) is 8.66. The molecule has 0 fully saturated rings. The van der Waals surface area contributed by atoms with Gasteiger partial charge in [0.1, 0.15) is 17.6 Å². The van der Waals surface area contributed by atoms with Crippen LogP contribution in [0.15, 0.2) is 77.3 Å². The van der Waals surface area contributed by atoms with Crippen LogP contribution in [0.4, 0.5) is 4.39 Å². The predicted molar refractivity (Wildman–Crippen MR) is 143 cm³/mol. The number of nitrogens with one attached hydrogen (secondary N) is 1. The Bertz CT molecular complexity index is 1160. The fourth-order valence-electron chi connectivity index (χ4n) is 3.81. The molecule has 0 saturated carbocycles. The zero-order valence-electron chi connectivity index (χ0n) is 20.7. The maximum absolute atomic E-state index is 14.6. The van der Waals surface area contributed by atoms with Crippen LogP contribution in [0.2, 0.25) is 0 Å². The van der Waals surface area contributed by atoms with Gasteiger partial charge < -0.3 is 15.0 Å². The molecule has 1 atom stereocenters. The van der Waals surface area contributed by atoms with Crippen LogP contribution in [0.3, 0.4) is 0 Å². The molecule has 3 aromatic rings. The molecule has 7 heteroatoms. The van der Waals surface area contributed by atoms with Crippen LogP contribution in [-0.4, -0.2) is 35.9 Å². The molecule has 36 heavy (non-hydrogen) atoms. The summed E-state index contributed by atoms with van der Waals surface area (Å²) in [5, 5.41) is 2.95. The average molecular weight is 555 g/mol. The summed E-state index contributed by atoms with van der Waals surface area (Å²) < 4.78 is 21.3. The van der Waals surface area contributed by atoms with E-state index in [4.69, 9.17) is 4.74 Å². The summed E-state index contributed by atoms with van der Waals surface area (Å²) in [6, 6.07) is 20.4. The number of unbranched alkanes of at least 4 members (excludes halogenated alkanes) is 1. The smallest absolute Gasteiger partial charge is 0.261 e. The second-order valence-corrected chi connectivity index (χ2v) is 9.52. The number of rotatable bonds is 12. The summed E-state index contributed by atoms with van der Waals surface area (Å²) in [7, 11) is 0. The summed E-state index contributed by atoms with van der Waals surface area (Å²) in [5.74, 6) is -0.548. The lowest BCUT2D eigenvalue weighted by atomic mass is 10.0. The van der Waals surface area contributed by atoms with Gasteiger partial charge in [-0.25, -0.2) is 4.39 Å². The first kappa shape index (κ1) is 27.4. The third-order valence-electron chi connectivity index (χ3n) is 5.89. The number of carbonyl (C=O) groups is 2. The monoisotopic (exact) mass is 554 g/mol. The van der Waals surface area contributed by atoms with Crippen LogP contribution < -0.4 is 10.1 Å². The van der Waals surface area contributed by atoms with Crippen molar-refractivity contribution >= 4 is 27.7 Å². The number of aryl methyl sites for hydroxylation is 1. The van der Waals surface area contributed by atoms with Gasteiger partial charge in [-0.15, -0.1) is 0 Å². The van der Waals surface area contributed by atoms with Gasteiger partial charge in [0.25, 0.3) is 5.91 Å². The zero-order chi connectivity index (χ0) is 25.9. The molecule has 0 aromatic heterocycles. The third-order valence-corrected chi connectivity index (χ3v) is 6.78. The van der Waals surface area contributed by atoms with Gasteiger partial charge in [-0.3, -0.25) is 9.59 Å². The number of benzene rings is 3. The molecule has 1 N–H and O–H groups in total. The molecule has 0 aliphatic heterocycles. The Kier molecular flexibility index (Phi) is 10.5.